The maximum Gasteiger partial charge on any atom is 0.205 e. The van der Waals surface area contributed by atoms with E-state index >= 15 is 0 Å². The molecule has 5 heterocycles. The Labute approximate surface area is 262 Å². The molecule has 0 radical (unpaired) electrons. The zero-order valence-electron chi connectivity index (χ0n) is 23.6. The van der Waals surface area contributed by atoms with Gasteiger partial charge in [0.1, 0.15) is 6.07 Å². The highest BCUT2D eigenvalue weighted by Crippen LogP contribution is 2.43. The monoisotopic (exact) mass is 592 g/mol. The lowest BCUT2D eigenvalue weighted by Gasteiger charge is -2.10. The maximum absolute atomic E-state index is 9.30. The molecule has 8 rings (SSSR count). The Hall–Kier alpha value is -6.28. The summed E-state index contributed by atoms with van der Waals surface area (Å²) in [4.78, 5) is 21.9. The molecule has 0 aliphatic carbocycles. The number of nitriles is 1. The molecule has 6 nitrogen and oxygen atoms in total. The molecular formula is C38H20N6S. The van der Waals surface area contributed by atoms with E-state index in [2.05, 4.69) is 69.4 Å². The molecule has 3 aromatic carbocycles. The zero-order chi connectivity index (χ0) is 30.3. The fourth-order valence-electron chi connectivity index (χ4n) is 5.78. The van der Waals surface area contributed by atoms with Crippen molar-refractivity contribution in [2.45, 2.75) is 0 Å². The number of aromatic nitrogens is 4. The molecule has 5 aromatic heterocycles. The summed E-state index contributed by atoms with van der Waals surface area (Å²) in [6.45, 7) is 7.36. The minimum atomic E-state index is 0.489. The van der Waals surface area contributed by atoms with Gasteiger partial charge in [-0.25, -0.2) is 14.8 Å². The van der Waals surface area contributed by atoms with Gasteiger partial charge in [0.2, 0.25) is 5.69 Å². The van der Waals surface area contributed by atoms with Crippen LogP contribution in [0.25, 0.3) is 80.8 Å². The Kier molecular flexibility index (Phi) is 6.31. The summed E-state index contributed by atoms with van der Waals surface area (Å²) in [6, 6.07) is 35.0. The Morgan fingerprint density at radius 3 is 2.07 bits per heavy atom. The van der Waals surface area contributed by atoms with Gasteiger partial charge in [-0.2, -0.15) is 5.26 Å². The van der Waals surface area contributed by atoms with Gasteiger partial charge in [-0.15, -0.1) is 11.3 Å². The molecule has 0 bridgehead atoms. The fourth-order valence-corrected chi connectivity index (χ4v) is 6.98. The lowest BCUT2D eigenvalue weighted by Crippen LogP contribution is -1.90. The van der Waals surface area contributed by atoms with Crippen LogP contribution < -0.4 is 0 Å². The molecule has 45 heavy (non-hydrogen) atoms. The van der Waals surface area contributed by atoms with Gasteiger partial charge in [0.25, 0.3) is 0 Å². The van der Waals surface area contributed by atoms with Crippen LogP contribution in [0, 0.1) is 17.9 Å². The Morgan fingerprint density at radius 1 is 0.600 bits per heavy atom. The van der Waals surface area contributed by atoms with E-state index < -0.39 is 0 Å². The number of benzene rings is 3. The van der Waals surface area contributed by atoms with Crippen molar-refractivity contribution in [3.05, 3.63) is 139 Å². The summed E-state index contributed by atoms with van der Waals surface area (Å²) in [7, 11) is 0. The molecule has 7 heteroatoms. The van der Waals surface area contributed by atoms with E-state index in [0.29, 0.717) is 11.3 Å². The maximum atomic E-state index is 9.30. The van der Waals surface area contributed by atoms with E-state index in [0.717, 1.165) is 50.4 Å². The largest absolute Gasteiger partial charge is 0.276 e. The van der Waals surface area contributed by atoms with Gasteiger partial charge >= 0.3 is 0 Å². The summed E-state index contributed by atoms with van der Waals surface area (Å²) >= 11 is 1.76. The molecule has 0 fully saturated rings. The predicted molar refractivity (Wildman–Crippen MR) is 181 cm³/mol. The van der Waals surface area contributed by atoms with Gasteiger partial charge in [0.15, 0.2) is 0 Å². The second-order valence-electron chi connectivity index (χ2n) is 10.6. The first-order chi connectivity index (χ1) is 22.2. The van der Waals surface area contributed by atoms with Crippen LogP contribution in [0.15, 0.2) is 122 Å². The van der Waals surface area contributed by atoms with E-state index in [1.807, 2.05) is 48.5 Å². The number of pyridine rings is 4. The normalized spacial score (nSPS) is 11.1. The molecule has 208 valence electrons. The summed E-state index contributed by atoms with van der Waals surface area (Å²) in [6.07, 6.45) is 6.60. The third kappa shape index (κ3) is 4.65. The van der Waals surface area contributed by atoms with Crippen LogP contribution in [-0.2, 0) is 0 Å². The lowest BCUT2D eigenvalue weighted by molar-refractivity contribution is 1.26. The van der Waals surface area contributed by atoms with E-state index in [1.165, 1.54) is 25.6 Å². The predicted octanol–water partition coefficient (Wildman–Crippen LogP) is 9.88. The van der Waals surface area contributed by atoms with Crippen molar-refractivity contribution in [3.8, 4) is 51.1 Å². The SMILES string of the molecule is [C-]#[N+]c1cncc(-c2cccc(-c3cc4sc5cc(-c6cccc(-c7cncc(C#N)c7)n6)ccc5c4c4ccccc34)n2)c1. The molecule has 0 aliphatic heterocycles. The summed E-state index contributed by atoms with van der Waals surface area (Å²) in [5, 5.41) is 14.0. The van der Waals surface area contributed by atoms with E-state index in [1.54, 1.807) is 36.1 Å². The highest BCUT2D eigenvalue weighted by molar-refractivity contribution is 7.26. The van der Waals surface area contributed by atoms with Crippen LogP contribution in [0.2, 0.25) is 0 Å². The fraction of sp³-hybridized carbons (Fsp3) is 0. The first-order valence-electron chi connectivity index (χ1n) is 14.2. The molecular weight excluding hydrogens is 573 g/mol. The number of hydrogen-bond acceptors (Lipinski definition) is 6. The van der Waals surface area contributed by atoms with Crippen molar-refractivity contribution in [3.63, 3.8) is 0 Å². The van der Waals surface area contributed by atoms with Crippen molar-refractivity contribution in [2.75, 3.05) is 0 Å². The van der Waals surface area contributed by atoms with Crippen LogP contribution in [0.4, 0.5) is 5.69 Å². The lowest BCUT2D eigenvalue weighted by atomic mass is 9.96. The third-order valence-corrected chi connectivity index (χ3v) is 8.96. The first kappa shape index (κ1) is 26.4. The van der Waals surface area contributed by atoms with E-state index in [9.17, 15) is 5.26 Å². The Bertz CT molecular complexity index is 2540. The molecule has 0 unspecified atom stereocenters. The van der Waals surface area contributed by atoms with E-state index in [4.69, 9.17) is 16.5 Å². The number of nitrogens with zero attached hydrogens (tertiary/aromatic N) is 6. The number of rotatable bonds is 4. The van der Waals surface area contributed by atoms with Crippen LogP contribution in [0.5, 0.6) is 0 Å². The smallest absolute Gasteiger partial charge is 0.205 e. The molecule has 0 amide bonds. The van der Waals surface area contributed by atoms with Gasteiger partial charge in [-0.05, 0) is 59.3 Å². The minimum absolute atomic E-state index is 0.489. The average Bonchev–Trinajstić information content (AvgIpc) is 3.49. The molecule has 0 atom stereocenters. The summed E-state index contributed by atoms with van der Waals surface area (Å²) in [5.41, 5.74) is 7.98. The molecule has 0 saturated carbocycles. The number of thiophene rings is 1. The van der Waals surface area contributed by atoms with Crippen LogP contribution in [0.1, 0.15) is 5.56 Å². The third-order valence-electron chi connectivity index (χ3n) is 7.86. The second kappa shape index (κ2) is 10.8. The molecule has 0 aliphatic rings. The van der Waals surface area contributed by atoms with E-state index in [-0.39, 0.29) is 0 Å². The topological polar surface area (TPSA) is 79.7 Å². The highest BCUT2D eigenvalue weighted by Gasteiger charge is 2.16. The van der Waals surface area contributed by atoms with Gasteiger partial charge < -0.3 is 0 Å². The van der Waals surface area contributed by atoms with Crippen LogP contribution >= 0.6 is 11.3 Å². The van der Waals surface area contributed by atoms with Crippen LogP contribution in [0.3, 0.4) is 0 Å². The molecule has 0 spiro atoms. The molecule has 8 aromatic rings. The van der Waals surface area contributed by atoms with Crippen LogP contribution in [-0.4, -0.2) is 19.9 Å². The van der Waals surface area contributed by atoms with Crippen molar-refractivity contribution in [2.24, 2.45) is 0 Å². The Balaban J connectivity index is 1.26. The Morgan fingerprint density at radius 2 is 1.29 bits per heavy atom. The summed E-state index contributed by atoms with van der Waals surface area (Å²) in [5.74, 6) is 0. The van der Waals surface area contributed by atoms with Gasteiger partial charge in [-0.3, -0.25) is 9.97 Å². The minimum Gasteiger partial charge on any atom is -0.276 e. The number of hydrogen-bond donors (Lipinski definition) is 0. The standard InChI is InChI=1S/C38H20N6S/c1-40-27-15-26(21-42-22-27)34-10-5-11-35(44-34)31-17-37-38(29-7-3-2-6-28(29)31)30-13-12-24(16-36(30)45-37)32-8-4-9-33(43-32)25-14-23(18-39)19-41-20-25/h2-17,19-22H. The average molecular weight is 593 g/mol. The van der Waals surface area contributed by atoms with Crippen molar-refractivity contribution < 1.29 is 0 Å². The van der Waals surface area contributed by atoms with Gasteiger partial charge in [-0.1, -0.05) is 48.5 Å². The highest BCUT2D eigenvalue weighted by atomic mass is 32.1. The molecule has 0 N–H and O–H groups in total. The second-order valence-corrected chi connectivity index (χ2v) is 11.7. The van der Waals surface area contributed by atoms with Gasteiger partial charge in [0.05, 0.1) is 34.9 Å². The molecule has 0 saturated heterocycles. The quantitative estimate of drug-likeness (QED) is 0.190. The number of fused-ring (bicyclic) bond motifs is 5. The van der Waals surface area contributed by atoms with Gasteiger partial charge in [0, 0.05) is 67.2 Å². The first-order valence-corrected chi connectivity index (χ1v) is 15.0. The van der Waals surface area contributed by atoms with Crippen molar-refractivity contribution in [1.82, 2.24) is 19.9 Å². The van der Waals surface area contributed by atoms with Crippen molar-refractivity contribution >= 4 is 48.0 Å². The zero-order valence-corrected chi connectivity index (χ0v) is 24.5. The summed E-state index contributed by atoms with van der Waals surface area (Å²) < 4.78 is 2.36. The van der Waals surface area contributed by atoms with Crippen molar-refractivity contribution in [1.29, 1.82) is 5.26 Å².